The van der Waals surface area contributed by atoms with E-state index in [-0.39, 0.29) is 6.54 Å². The summed E-state index contributed by atoms with van der Waals surface area (Å²) in [5.41, 5.74) is 0. The van der Waals surface area contributed by atoms with Crippen LogP contribution in [0.5, 0.6) is 0 Å². The molecule has 11 heteroatoms. The number of rotatable bonds is 8. The number of hydrogen-bond donors (Lipinski definition) is 3. The summed E-state index contributed by atoms with van der Waals surface area (Å²) in [7, 11) is 0. The Bertz CT molecular complexity index is 546. The van der Waals surface area contributed by atoms with E-state index >= 15 is 0 Å². The fourth-order valence-electron chi connectivity index (χ4n) is 1.72. The van der Waals surface area contributed by atoms with E-state index in [9.17, 15) is 18.7 Å². The first-order valence-corrected chi connectivity index (χ1v) is 6.97. The molecular weight excluding hydrogens is 304 g/mol. The van der Waals surface area contributed by atoms with Crippen molar-refractivity contribution in [2.24, 2.45) is 0 Å². The van der Waals surface area contributed by atoms with Crippen molar-refractivity contribution >= 4 is 17.0 Å². The Morgan fingerprint density at radius 3 is 2.86 bits per heavy atom. The summed E-state index contributed by atoms with van der Waals surface area (Å²) < 4.78 is 21.0. The van der Waals surface area contributed by atoms with Crippen molar-refractivity contribution < 1.29 is 28.4 Å². The zero-order valence-corrected chi connectivity index (χ0v) is 11.8. The summed E-state index contributed by atoms with van der Waals surface area (Å²) >= 11 is -2.43. The Balaban J connectivity index is 2.17. The normalized spacial score (nSPS) is 20.9. The molecule has 1 aromatic heterocycles. The van der Waals surface area contributed by atoms with Crippen molar-refractivity contribution in [2.75, 3.05) is 0 Å². The van der Waals surface area contributed by atoms with E-state index in [1.807, 2.05) is 0 Å². The zero-order chi connectivity index (χ0) is 15.5. The molecule has 1 saturated heterocycles. The molecule has 116 valence electrons. The monoisotopic (exact) mass is 318 g/mol. The van der Waals surface area contributed by atoms with E-state index in [0.717, 1.165) is 0 Å². The lowest BCUT2D eigenvalue weighted by Gasteiger charge is -2.31. The van der Waals surface area contributed by atoms with Crippen LogP contribution in [0.2, 0.25) is 0 Å². The molecule has 2 rings (SSSR count). The average molecular weight is 318 g/mol. The molecule has 0 bridgehead atoms. The molecule has 0 amide bonds. The molecule has 2 heterocycles. The maximum Gasteiger partial charge on any atom is 0.327 e. The third-order valence-corrected chi connectivity index (χ3v) is 4.09. The van der Waals surface area contributed by atoms with Gasteiger partial charge in [-0.2, -0.15) is 9.78 Å². The molecule has 1 aliphatic heterocycles. The van der Waals surface area contributed by atoms with Gasteiger partial charge in [0.2, 0.25) is 6.29 Å². The van der Waals surface area contributed by atoms with Crippen LogP contribution in [0.4, 0.5) is 0 Å². The Kier molecular flexibility index (Phi) is 4.67. The molecule has 0 saturated carbocycles. The molecule has 21 heavy (non-hydrogen) atoms. The quantitative estimate of drug-likeness (QED) is 0.316. The van der Waals surface area contributed by atoms with Crippen LogP contribution in [0, 0.1) is 0 Å². The predicted molar refractivity (Wildman–Crippen MR) is 68.9 cm³/mol. The maximum absolute atomic E-state index is 11.7. The maximum atomic E-state index is 11.7. The molecule has 0 aromatic carbocycles. The molecule has 3 N–H and O–H groups in total. The number of hydrogen-bond acceptors (Lipinski definition) is 7. The minimum absolute atomic E-state index is 0.107. The fraction of sp³-hybridized carbons (Fsp3) is 0.500. The number of carboxylic acid groups (broad SMARTS) is 1. The molecule has 0 radical (unpaired) electrons. The van der Waals surface area contributed by atoms with E-state index in [2.05, 4.69) is 25.4 Å². The van der Waals surface area contributed by atoms with Crippen LogP contribution in [-0.4, -0.2) is 51.9 Å². The minimum Gasteiger partial charge on any atom is -0.480 e. The third-order valence-electron chi connectivity index (χ3n) is 2.93. The molecule has 1 aliphatic rings. The van der Waals surface area contributed by atoms with Gasteiger partial charge in [-0.25, -0.2) is 9.00 Å². The summed E-state index contributed by atoms with van der Waals surface area (Å²) in [5, 5.41) is 19.2. The van der Waals surface area contributed by atoms with Gasteiger partial charge < -0.3 is 15.0 Å². The summed E-state index contributed by atoms with van der Waals surface area (Å²) in [6.07, 6.45) is 5.10. The minimum atomic E-state index is -2.43. The van der Waals surface area contributed by atoms with Crippen molar-refractivity contribution in [3.63, 3.8) is 0 Å². The highest BCUT2D eigenvalue weighted by molar-refractivity contribution is 7.80. The second kappa shape index (κ2) is 6.30. The van der Waals surface area contributed by atoms with Gasteiger partial charge >= 0.3 is 5.97 Å². The SMILES string of the molecule is C[C@](Cn1ccnn1)([C@@H](N/C=C/C1OO1)C(=O)O)S(=O)O. The molecule has 10 nitrogen and oxygen atoms in total. The number of aromatic nitrogens is 3. The van der Waals surface area contributed by atoms with Crippen molar-refractivity contribution in [3.8, 4) is 0 Å². The van der Waals surface area contributed by atoms with Gasteiger partial charge in [0.1, 0.15) is 10.8 Å². The van der Waals surface area contributed by atoms with Gasteiger partial charge in [-0.05, 0) is 19.2 Å². The summed E-state index contributed by atoms with van der Waals surface area (Å²) in [5.74, 6) is -1.28. The number of carboxylic acids is 1. The highest BCUT2D eigenvalue weighted by Crippen LogP contribution is 2.21. The van der Waals surface area contributed by atoms with Crippen molar-refractivity contribution in [1.29, 1.82) is 0 Å². The fourth-order valence-corrected chi connectivity index (χ4v) is 2.33. The summed E-state index contributed by atoms with van der Waals surface area (Å²) in [6.45, 7) is 1.26. The van der Waals surface area contributed by atoms with Crippen molar-refractivity contribution in [2.45, 2.75) is 30.5 Å². The van der Waals surface area contributed by atoms with Gasteiger partial charge in [0.05, 0.1) is 12.7 Å². The van der Waals surface area contributed by atoms with Crippen LogP contribution in [0.15, 0.2) is 24.7 Å². The molecule has 0 spiro atoms. The lowest BCUT2D eigenvalue weighted by molar-refractivity contribution is -0.140. The average Bonchev–Trinajstić information content (AvgIpc) is 3.10. The largest absolute Gasteiger partial charge is 0.480 e. The lowest BCUT2D eigenvalue weighted by Crippen LogP contribution is -2.56. The Hall–Kier alpha value is -1.82. The highest BCUT2D eigenvalue weighted by Gasteiger charge is 2.45. The Morgan fingerprint density at radius 1 is 1.67 bits per heavy atom. The second-order valence-corrected chi connectivity index (χ2v) is 5.95. The van der Waals surface area contributed by atoms with E-state index in [1.165, 1.54) is 36.3 Å². The van der Waals surface area contributed by atoms with Gasteiger partial charge in [-0.1, -0.05) is 5.21 Å². The van der Waals surface area contributed by atoms with Crippen LogP contribution in [-0.2, 0) is 32.2 Å². The molecule has 0 aliphatic carbocycles. The first-order chi connectivity index (χ1) is 9.93. The molecule has 1 fully saturated rings. The second-order valence-electron chi connectivity index (χ2n) is 4.52. The van der Waals surface area contributed by atoms with Crippen molar-refractivity contribution in [3.05, 3.63) is 24.7 Å². The van der Waals surface area contributed by atoms with Gasteiger partial charge in [0.15, 0.2) is 11.1 Å². The van der Waals surface area contributed by atoms with Gasteiger partial charge in [0.25, 0.3) is 0 Å². The number of nitrogens with zero attached hydrogens (tertiary/aromatic N) is 3. The van der Waals surface area contributed by atoms with Crippen LogP contribution in [0.3, 0.4) is 0 Å². The molecule has 1 aromatic rings. The zero-order valence-electron chi connectivity index (χ0n) is 10.9. The van der Waals surface area contributed by atoms with Crippen LogP contribution < -0.4 is 5.32 Å². The molecule has 3 atom stereocenters. The lowest BCUT2D eigenvalue weighted by atomic mass is 10.0. The van der Waals surface area contributed by atoms with E-state index < -0.39 is 34.1 Å². The van der Waals surface area contributed by atoms with Crippen LogP contribution in [0.1, 0.15) is 6.92 Å². The van der Waals surface area contributed by atoms with Gasteiger partial charge in [-0.3, -0.25) is 4.68 Å². The van der Waals surface area contributed by atoms with Gasteiger partial charge in [0, 0.05) is 6.20 Å². The van der Waals surface area contributed by atoms with E-state index in [0.29, 0.717) is 0 Å². The number of nitrogens with one attached hydrogen (secondary N) is 1. The molecular formula is C10H14N4O6S. The van der Waals surface area contributed by atoms with E-state index in [1.54, 1.807) is 0 Å². The Morgan fingerprint density at radius 2 is 2.38 bits per heavy atom. The number of carbonyl (C=O) groups is 1. The third kappa shape index (κ3) is 3.85. The highest BCUT2D eigenvalue weighted by atomic mass is 32.2. The Labute approximate surface area is 121 Å². The first-order valence-electron chi connectivity index (χ1n) is 5.86. The standard InChI is InChI=1S/C10H14N4O6S/c1-10(21(17)18,6-14-5-4-12-13-14)8(9(15)16)11-3-2-7-19-20-7/h2-5,7-8,11H,6H2,1H3,(H,15,16)(H,17,18)/b3-2+/t8-,10-/m0/s1. The van der Waals surface area contributed by atoms with E-state index in [4.69, 9.17) is 0 Å². The molecule has 1 unspecified atom stereocenters. The van der Waals surface area contributed by atoms with Crippen molar-refractivity contribution in [1.82, 2.24) is 20.3 Å². The summed E-state index contributed by atoms with van der Waals surface area (Å²) in [4.78, 5) is 20.3. The number of aliphatic carboxylic acids is 1. The summed E-state index contributed by atoms with van der Waals surface area (Å²) in [6, 6.07) is -1.33. The topological polar surface area (TPSA) is 142 Å². The van der Waals surface area contributed by atoms with Crippen LogP contribution >= 0.6 is 0 Å². The predicted octanol–water partition coefficient (Wildman–Crippen LogP) is -0.897. The van der Waals surface area contributed by atoms with Gasteiger partial charge in [-0.15, -0.1) is 5.10 Å². The van der Waals surface area contributed by atoms with Crippen LogP contribution in [0.25, 0.3) is 0 Å². The smallest absolute Gasteiger partial charge is 0.327 e. The first kappa shape index (κ1) is 15.6.